The molecule has 1 atom stereocenters. The number of aromatic hydroxyl groups is 1. The van der Waals surface area contributed by atoms with Gasteiger partial charge in [0.15, 0.2) is 0 Å². The van der Waals surface area contributed by atoms with E-state index in [9.17, 15) is 5.11 Å². The molecule has 0 aliphatic rings. The Morgan fingerprint density at radius 1 is 1.29 bits per heavy atom. The van der Waals surface area contributed by atoms with E-state index >= 15 is 0 Å². The summed E-state index contributed by atoms with van der Waals surface area (Å²) >= 11 is 0. The summed E-state index contributed by atoms with van der Waals surface area (Å²) in [5.74, 6) is 2.39. The molecule has 1 unspecified atom stereocenters. The fourth-order valence-corrected chi connectivity index (χ4v) is 1.50. The summed E-state index contributed by atoms with van der Waals surface area (Å²) in [6.45, 7) is 8.28. The highest BCUT2D eigenvalue weighted by atomic mass is 16.5. The zero-order valence-corrected chi connectivity index (χ0v) is 11.2. The van der Waals surface area contributed by atoms with Crippen LogP contribution < -0.4 is 10.1 Å². The van der Waals surface area contributed by atoms with E-state index in [0.717, 1.165) is 17.9 Å². The summed E-state index contributed by atoms with van der Waals surface area (Å²) in [6, 6.07) is 5.29. The van der Waals surface area contributed by atoms with Crippen molar-refractivity contribution in [1.29, 1.82) is 0 Å². The molecule has 17 heavy (non-hydrogen) atoms. The van der Waals surface area contributed by atoms with Crippen LogP contribution in [0.4, 0.5) is 0 Å². The number of hydrogen-bond donors (Lipinski definition) is 2. The van der Waals surface area contributed by atoms with Gasteiger partial charge in [-0.15, -0.1) is 0 Å². The molecule has 0 aliphatic carbocycles. The lowest BCUT2D eigenvalue weighted by molar-refractivity contribution is 0.387. The van der Waals surface area contributed by atoms with E-state index in [1.807, 2.05) is 6.07 Å². The summed E-state index contributed by atoms with van der Waals surface area (Å²) in [7, 11) is 1.63. The molecular formula is C14H23NO2. The topological polar surface area (TPSA) is 41.5 Å². The molecule has 3 heteroatoms. The van der Waals surface area contributed by atoms with E-state index in [2.05, 4.69) is 26.1 Å². The van der Waals surface area contributed by atoms with Crippen molar-refractivity contribution in [1.82, 2.24) is 5.32 Å². The van der Waals surface area contributed by atoms with Gasteiger partial charge in [-0.2, -0.15) is 0 Å². The SMILES string of the molecule is COc1ccc(O)c(CNCC(C)C(C)C)c1. The number of phenolic OH excluding ortho intramolecular Hbond substituents is 1. The van der Waals surface area contributed by atoms with Crippen LogP contribution in [-0.2, 0) is 6.54 Å². The molecule has 0 amide bonds. The predicted octanol–water partition coefficient (Wildman–Crippen LogP) is 2.78. The maximum atomic E-state index is 9.71. The van der Waals surface area contributed by atoms with Gasteiger partial charge < -0.3 is 15.2 Å². The van der Waals surface area contributed by atoms with Gasteiger partial charge in [0.25, 0.3) is 0 Å². The van der Waals surface area contributed by atoms with Crippen LogP contribution >= 0.6 is 0 Å². The fourth-order valence-electron chi connectivity index (χ4n) is 1.50. The molecule has 3 nitrogen and oxygen atoms in total. The number of methoxy groups -OCH3 is 1. The first-order chi connectivity index (χ1) is 8.04. The summed E-state index contributed by atoms with van der Waals surface area (Å²) in [5.41, 5.74) is 0.875. The van der Waals surface area contributed by atoms with Crippen molar-refractivity contribution in [3.8, 4) is 11.5 Å². The number of nitrogens with one attached hydrogen (secondary N) is 1. The summed E-state index contributed by atoms with van der Waals surface area (Å²) in [4.78, 5) is 0. The third-order valence-electron chi connectivity index (χ3n) is 3.21. The number of benzene rings is 1. The molecule has 1 aromatic carbocycles. The van der Waals surface area contributed by atoms with Crippen molar-refractivity contribution in [3.05, 3.63) is 23.8 Å². The molecule has 0 saturated carbocycles. The molecule has 1 aromatic rings. The van der Waals surface area contributed by atoms with Crippen LogP contribution in [0, 0.1) is 11.8 Å². The smallest absolute Gasteiger partial charge is 0.120 e. The molecule has 0 radical (unpaired) electrons. The van der Waals surface area contributed by atoms with Crippen LogP contribution in [0.2, 0.25) is 0 Å². The summed E-state index contributed by atoms with van der Waals surface area (Å²) in [6.07, 6.45) is 0. The zero-order chi connectivity index (χ0) is 12.8. The van der Waals surface area contributed by atoms with Crippen LogP contribution in [0.25, 0.3) is 0 Å². The maximum Gasteiger partial charge on any atom is 0.120 e. The maximum absolute atomic E-state index is 9.71. The number of rotatable bonds is 6. The van der Waals surface area contributed by atoms with Crippen LogP contribution in [-0.4, -0.2) is 18.8 Å². The highest BCUT2D eigenvalue weighted by Crippen LogP contribution is 2.22. The van der Waals surface area contributed by atoms with Crippen molar-refractivity contribution in [3.63, 3.8) is 0 Å². The monoisotopic (exact) mass is 237 g/mol. The van der Waals surface area contributed by atoms with Gasteiger partial charge >= 0.3 is 0 Å². The molecule has 0 aliphatic heterocycles. The average Bonchev–Trinajstić information content (AvgIpc) is 2.31. The summed E-state index contributed by atoms with van der Waals surface area (Å²) < 4.78 is 5.14. The molecule has 1 rings (SSSR count). The second kappa shape index (κ2) is 6.50. The number of ether oxygens (including phenoxy) is 1. The van der Waals surface area contributed by atoms with E-state index in [1.54, 1.807) is 19.2 Å². The third-order valence-corrected chi connectivity index (χ3v) is 3.21. The van der Waals surface area contributed by atoms with Gasteiger partial charge in [0.05, 0.1) is 7.11 Å². The Labute approximate surface area is 104 Å². The Balaban J connectivity index is 2.51. The first-order valence-electron chi connectivity index (χ1n) is 6.11. The van der Waals surface area contributed by atoms with Gasteiger partial charge in [-0.1, -0.05) is 20.8 Å². The van der Waals surface area contributed by atoms with E-state index in [1.165, 1.54) is 0 Å². The molecular weight excluding hydrogens is 214 g/mol. The lowest BCUT2D eigenvalue weighted by atomic mass is 9.98. The zero-order valence-electron chi connectivity index (χ0n) is 11.2. The highest BCUT2D eigenvalue weighted by Gasteiger charge is 2.07. The van der Waals surface area contributed by atoms with Crippen LogP contribution in [0.3, 0.4) is 0 Å². The van der Waals surface area contributed by atoms with Crippen LogP contribution in [0.1, 0.15) is 26.3 Å². The van der Waals surface area contributed by atoms with E-state index < -0.39 is 0 Å². The van der Waals surface area contributed by atoms with Gasteiger partial charge in [0.2, 0.25) is 0 Å². The second-order valence-corrected chi connectivity index (χ2v) is 4.85. The molecule has 0 saturated heterocycles. The third kappa shape index (κ3) is 4.27. The Morgan fingerprint density at radius 3 is 2.59 bits per heavy atom. The first kappa shape index (κ1) is 13.8. The second-order valence-electron chi connectivity index (χ2n) is 4.85. The van der Waals surface area contributed by atoms with Crippen LogP contribution in [0.15, 0.2) is 18.2 Å². The van der Waals surface area contributed by atoms with Crippen molar-refractivity contribution in [2.75, 3.05) is 13.7 Å². The Kier molecular flexibility index (Phi) is 5.29. The first-order valence-corrected chi connectivity index (χ1v) is 6.11. The minimum atomic E-state index is 0.315. The van der Waals surface area contributed by atoms with Crippen molar-refractivity contribution in [2.24, 2.45) is 11.8 Å². The van der Waals surface area contributed by atoms with E-state index in [0.29, 0.717) is 24.1 Å². The largest absolute Gasteiger partial charge is 0.508 e. The molecule has 2 N–H and O–H groups in total. The summed E-state index contributed by atoms with van der Waals surface area (Å²) in [5, 5.41) is 13.1. The molecule has 0 aromatic heterocycles. The van der Waals surface area contributed by atoms with Crippen LogP contribution in [0.5, 0.6) is 11.5 Å². The van der Waals surface area contributed by atoms with Crippen molar-refractivity contribution in [2.45, 2.75) is 27.3 Å². The van der Waals surface area contributed by atoms with E-state index in [4.69, 9.17) is 4.74 Å². The lowest BCUT2D eigenvalue weighted by Crippen LogP contribution is -2.23. The number of hydrogen-bond acceptors (Lipinski definition) is 3. The molecule has 0 heterocycles. The Morgan fingerprint density at radius 2 is 2.00 bits per heavy atom. The van der Waals surface area contributed by atoms with Gasteiger partial charge in [0, 0.05) is 12.1 Å². The average molecular weight is 237 g/mol. The molecule has 96 valence electrons. The van der Waals surface area contributed by atoms with Gasteiger partial charge in [0.1, 0.15) is 11.5 Å². The Bertz CT molecular complexity index is 350. The molecule has 0 fully saturated rings. The number of phenols is 1. The standard InChI is InChI=1S/C14H23NO2/c1-10(2)11(3)8-15-9-12-7-13(17-4)5-6-14(12)16/h5-7,10-11,15-16H,8-9H2,1-4H3. The van der Waals surface area contributed by atoms with Gasteiger partial charge in [-0.25, -0.2) is 0 Å². The lowest BCUT2D eigenvalue weighted by Gasteiger charge is -2.16. The predicted molar refractivity (Wildman–Crippen MR) is 70.4 cm³/mol. The highest BCUT2D eigenvalue weighted by molar-refractivity contribution is 5.39. The minimum absolute atomic E-state index is 0.315. The van der Waals surface area contributed by atoms with Gasteiger partial charge in [-0.3, -0.25) is 0 Å². The van der Waals surface area contributed by atoms with Crippen molar-refractivity contribution < 1.29 is 9.84 Å². The van der Waals surface area contributed by atoms with Crippen molar-refractivity contribution >= 4 is 0 Å². The molecule has 0 spiro atoms. The molecule has 0 bridgehead atoms. The normalized spacial score (nSPS) is 12.8. The van der Waals surface area contributed by atoms with Gasteiger partial charge in [-0.05, 0) is 36.6 Å². The minimum Gasteiger partial charge on any atom is -0.508 e. The Hall–Kier alpha value is -1.22. The fraction of sp³-hybridized carbons (Fsp3) is 0.571. The quantitative estimate of drug-likeness (QED) is 0.799. The van der Waals surface area contributed by atoms with E-state index in [-0.39, 0.29) is 0 Å².